The summed E-state index contributed by atoms with van der Waals surface area (Å²) in [6.45, 7) is 6.76. The van der Waals surface area contributed by atoms with Gasteiger partial charge in [0.2, 0.25) is 0 Å². The maximum atomic E-state index is 11.8. The van der Waals surface area contributed by atoms with Crippen molar-refractivity contribution in [3.05, 3.63) is 12.2 Å². The Morgan fingerprint density at radius 2 is 0.795 bits per heavy atom. The Morgan fingerprint density at radius 1 is 0.513 bits per heavy atom. The third-order valence-electron chi connectivity index (χ3n) is 8.54. The second-order valence-corrected chi connectivity index (χ2v) is 11.5. The fraction of sp³-hybridized carbons (Fsp3) is 0.844. The van der Waals surface area contributed by atoms with Crippen LogP contribution in [0.3, 0.4) is 0 Å². The van der Waals surface area contributed by atoms with E-state index in [-0.39, 0.29) is 6.54 Å². The molecule has 0 heterocycles. The highest BCUT2D eigenvalue weighted by atomic mass is 16.4. The number of allylic oxidation sites excluding steroid dienone is 2. The summed E-state index contributed by atoms with van der Waals surface area (Å²) in [7, 11) is 0. The van der Waals surface area contributed by atoms with Gasteiger partial charge in [0.15, 0.2) is 18.1 Å². The van der Waals surface area contributed by atoms with Gasteiger partial charge in [-0.2, -0.15) is 0 Å². The van der Waals surface area contributed by atoms with Crippen LogP contribution in [0.2, 0.25) is 0 Å². The number of aliphatic carboxylic acids is 3. The number of carbonyl (C=O) groups is 3. The summed E-state index contributed by atoms with van der Waals surface area (Å²) in [5.41, 5.74) is 0. The zero-order valence-corrected chi connectivity index (χ0v) is 25.5. The smallest absolute Gasteiger partial charge is 0.362 e. The van der Waals surface area contributed by atoms with Crippen molar-refractivity contribution in [3.8, 4) is 0 Å². The Hall–Kier alpha value is -1.89. The number of carboxylic acid groups (broad SMARTS) is 3. The summed E-state index contributed by atoms with van der Waals surface area (Å²) in [6.07, 6.45) is 27.7. The van der Waals surface area contributed by atoms with E-state index in [1.54, 1.807) is 0 Å². The van der Waals surface area contributed by atoms with Gasteiger partial charge in [-0.05, 0) is 59.3 Å². The first kappa shape index (κ1) is 37.1. The molecule has 0 aliphatic carbocycles. The molecule has 3 atom stereocenters. The molecule has 39 heavy (non-hydrogen) atoms. The number of hydrogen-bond donors (Lipinski definition) is 3. The van der Waals surface area contributed by atoms with Gasteiger partial charge in [-0.3, -0.25) is 4.48 Å². The summed E-state index contributed by atoms with van der Waals surface area (Å²) >= 11 is 0. The summed E-state index contributed by atoms with van der Waals surface area (Å²) in [4.78, 5) is 35.4. The number of nitrogens with zero attached hydrogens (tertiary/aromatic N) is 1. The molecule has 0 saturated heterocycles. The molecular weight excluding hydrogens is 494 g/mol. The normalized spacial score (nSPS) is 15.6. The summed E-state index contributed by atoms with van der Waals surface area (Å²) < 4.78 is -0.477. The van der Waals surface area contributed by atoms with Gasteiger partial charge in [-0.15, -0.1) is 0 Å². The van der Waals surface area contributed by atoms with Gasteiger partial charge in [0.05, 0.1) is 6.54 Å². The molecule has 0 amide bonds. The van der Waals surface area contributed by atoms with Crippen LogP contribution in [0.5, 0.6) is 0 Å². The van der Waals surface area contributed by atoms with Crippen molar-refractivity contribution >= 4 is 17.9 Å². The third-order valence-corrected chi connectivity index (χ3v) is 8.54. The van der Waals surface area contributed by atoms with E-state index >= 15 is 0 Å². The molecular formula is C32H60NO6+. The minimum Gasteiger partial charge on any atom is -0.477 e. The highest BCUT2D eigenvalue weighted by Gasteiger charge is 2.52. The Bertz CT molecular complexity index is 642. The molecule has 0 fully saturated rings. The van der Waals surface area contributed by atoms with E-state index in [2.05, 4.69) is 19.1 Å². The highest BCUT2D eigenvalue weighted by molar-refractivity contribution is 5.77. The van der Waals surface area contributed by atoms with Gasteiger partial charge in [0.1, 0.15) is 0 Å². The lowest BCUT2D eigenvalue weighted by molar-refractivity contribution is -0.968. The van der Waals surface area contributed by atoms with E-state index in [1.165, 1.54) is 117 Å². The Balaban J connectivity index is 4.04. The van der Waals surface area contributed by atoms with Crippen molar-refractivity contribution in [2.45, 2.75) is 168 Å². The molecule has 0 aliphatic rings. The standard InChI is InChI=1S/C32H59NO6/c1-5-6-7-8-9-10-11-12-13-14-15-16-17-18-19-20-21-22-23-24-25-26-33(27(2)30(34)35,28(3)31(36)37)29(4)32(38)39/h12-13,27-29H,5-11,14-26H2,1-4H3,(H2-,34,35,36,37,38,39)/p+1/b13-12+. The molecule has 7 nitrogen and oxygen atoms in total. The Morgan fingerprint density at radius 3 is 1.10 bits per heavy atom. The lowest BCUT2D eigenvalue weighted by Gasteiger charge is -2.47. The highest BCUT2D eigenvalue weighted by Crippen LogP contribution is 2.27. The van der Waals surface area contributed by atoms with E-state index in [9.17, 15) is 29.7 Å². The molecule has 0 aromatic heterocycles. The molecule has 0 aromatic carbocycles. The SMILES string of the molecule is CCCCCCCC/C=C/CCCCCCCCCCCCC[N+](C(C)C(=O)O)(C(C)C(=O)O)C(C)C(=O)O. The van der Waals surface area contributed by atoms with Crippen molar-refractivity contribution in [1.82, 2.24) is 0 Å². The molecule has 3 unspecified atom stereocenters. The molecule has 0 rings (SSSR count). The lowest BCUT2D eigenvalue weighted by atomic mass is 10.00. The van der Waals surface area contributed by atoms with Gasteiger partial charge < -0.3 is 15.3 Å². The van der Waals surface area contributed by atoms with Crippen LogP contribution in [-0.2, 0) is 14.4 Å². The van der Waals surface area contributed by atoms with Crippen molar-refractivity contribution in [1.29, 1.82) is 0 Å². The fourth-order valence-electron chi connectivity index (χ4n) is 5.72. The number of quaternary nitrogens is 1. The van der Waals surface area contributed by atoms with Gasteiger partial charge in [0.25, 0.3) is 0 Å². The molecule has 7 heteroatoms. The predicted molar refractivity (Wildman–Crippen MR) is 159 cm³/mol. The first-order chi connectivity index (χ1) is 18.6. The minimum absolute atomic E-state index is 0.225. The van der Waals surface area contributed by atoms with Crippen LogP contribution in [-0.4, -0.2) is 62.4 Å². The van der Waals surface area contributed by atoms with Crippen molar-refractivity contribution < 1.29 is 34.2 Å². The van der Waals surface area contributed by atoms with E-state index in [0.717, 1.165) is 19.3 Å². The maximum absolute atomic E-state index is 11.8. The molecule has 0 aliphatic heterocycles. The summed E-state index contributed by atoms with van der Waals surface area (Å²) in [6, 6.07) is -3.37. The van der Waals surface area contributed by atoms with Crippen molar-refractivity contribution in [2.24, 2.45) is 0 Å². The van der Waals surface area contributed by atoms with Gasteiger partial charge in [-0.1, -0.05) is 103 Å². The average Bonchev–Trinajstić information content (AvgIpc) is 2.90. The van der Waals surface area contributed by atoms with Crippen LogP contribution >= 0.6 is 0 Å². The van der Waals surface area contributed by atoms with Crippen LogP contribution in [0, 0.1) is 0 Å². The molecule has 3 N–H and O–H groups in total. The fourth-order valence-corrected chi connectivity index (χ4v) is 5.72. The molecule has 0 radical (unpaired) electrons. The first-order valence-corrected chi connectivity index (χ1v) is 15.8. The van der Waals surface area contributed by atoms with Crippen LogP contribution in [0.1, 0.15) is 150 Å². The summed E-state index contributed by atoms with van der Waals surface area (Å²) in [5.74, 6) is -3.51. The van der Waals surface area contributed by atoms with E-state index in [0.29, 0.717) is 6.42 Å². The molecule has 0 saturated carbocycles. The number of unbranched alkanes of at least 4 members (excludes halogenated alkanes) is 17. The monoisotopic (exact) mass is 554 g/mol. The van der Waals surface area contributed by atoms with Crippen LogP contribution in [0.15, 0.2) is 12.2 Å². The van der Waals surface area contributed by atoms with Crippen LogP contribution in [0.25, 0.3) is 0 Å². The summed E-state index contributed by atoms with van der Waals surface area (Å²) in [5, 5.41) is 28.9. The molecule has 0 spiro atoms. The molecule has 0 aromatic rings. The zero-order chi connectivity index (χ0) is 29.5. The lowest BCUT2D eigenvalue weighted by Crippen LogP contribution is -2.70. The average molecular weight is 555 g/mol. The van der Waals surface area contributed by atoms with Crippen molar-refractivity contribution in [3.63, 3.8) is 0 Å². The largest absolute Gasteiger partial charge is 0.477 e. The van der Waals surface area contributed by atoms with E-state index in [1.807, 2.05) is 0 Å². The molecule has 0 bridgehead atoms. The van der Waals surface area contributed by atoms with Crippen LogP contribution in [0.4, 0.5) is 0 Å². The second kappa shape index (κ2) is 22.9. The maximum Gasteiger partial charge on any atom is 0.362 e. The number of carboxylic acids is 3. The quantitative estimate of drug-likeness (QED) is 0.0536. The Labute approximate surface area is 238 Å². The minimum atomic E-state index is -1.17. The van der Waals surface area contributed by atoms with Crippen molar-refractivity contribution in [2.75, 3.05) is 6.54 Å². The van der Waals surface area contributed by atoms with Gasteiger partial charge in [-0.25, -0.2) is 14.4 Å². The van der Waals surface area contributed by atoms with E-state index < -0.39 is 40.5 Å². The van der Waals surface area contributed by atoms with Gasteiger partial charge >= 0.3 is 17.9 Å². The van der Waals surface area contributed by atoms with Gasteiger partial charge in [0, 0.05) is 0 Å². The van der Waals surface area contributed by atoms with E-state index in [4.69, 9.17) is 0 Å². The number of hydrogen-bond acceptors (Lipinski definition) is 3. The molecule has 228 valence electrons. The predicted octanol–water partition coefficient (Wildman–Crippen LogP) is 8.21. The number of rotatable bonds is 27. The first-order valence-electron chi connectivity index (χ1n) is 15.8. The topological polar surface area (TPSA) is 112 Å². The third kappa shape index (κ3) is 15.5. The Kier molecular flexibility index (Phi) is 21.8. The van der Waals surface area contributed by atoms with Crippen LogP contribution < -0.4 is 0 Å². The second-order valence-electron chi connectivity index (χ2n) is 11.5. The zero-order valence-electron chi connectivity index (χ0n) is 25.5.